The fourth-order valence-corrected chi connectivity index (χ4v) is 2.03. The lowest BCUT2D eigenvalue weighted by atomic mass is 9.83. The Labute approximate surface area is 117 Å². The van der Waals surface area contributed by atoms with Gasteiger partial charge in [-0.3, -0.25) is 0 Å². The van der Waals surface area contributed by atoms with Gasteiger partial charge in [-0.25, -0.2) is 9.48 Å². The number of tetrazole rings is 1. The number of carboxylic acids is 1. The van der Waals surface area contributed by atoms with Crippen molar-refractivity contribution in [3.05, 3.63) is 41.7 Å². The van der Waals surface area contributed by atoms with E-state index in [1.165, 1.54) is 4.68 Å². The number of rotatable bonds is 4. The molecule has 0 unspecified atom stereocenters. The van der Waals surface area contributed by atoms with Gasteiger partial charge in [0.25, 0.3) is 0 Å². The first-order chi connectivity index (χ1) is 9.28. The zero-order chi connectivity index (χ0) is 15.0. The van der Waals surface area contributed by atoms with Gasteiger partial charge >= 0.3 is 5.97 Å². The van der Waals surface area contributed by atoms with Crippen LogP contribution in [-0.4, -0.2) is 31.3 Å². The van der Waals surface area contributed by atoms with Gasteiger partial charge in [-0.15, -0.1) is 5.10 Å². The number of hydrogen-bond donors (Lipinski definition) is 1. The second kappa shape index (κ2) is 4.70. The average Bonchev–Trinajstić information content (AvgIpc) is 2.90. The zero-order valence-electron chi connectivity index (χ0n) is 12.0. The van der Waals surface area contributed by atoms with Crippen LogP contribution in [0.5, 0.6) is 0 Å². The van der Waals surface area contributed by atoms with E-state index in [2.05, 4.69) is 15.5 Å². The maximum absolute atomic E-state index is 11.4. The van der Waals surface area contributed by atoms with Crippen LogP contribution in [0.1, 0.15) is 39.1 Å². The second-order valence-corrected chi connectivity index (χ2v) is 5.77. The van der Waals surface area contributed by atoms with Gasteiger partial charge < -0.3 is 5.11 Å². The van der Waals surface area contributed by atoms with Crippen LogP contribution in [-0.2, 0) is 15.7 Å². The van der Waals surface area contributed by atoms with Gasteiger partial charge in [-0.2, -0.15) is 0 Å². The predicted molar refractivity (Wildman–Crippen MR) is 73.3 cm³/mol. The molecule has 0 atom stereocenters. The number of nitrogens with zero attached hydrogens (tertiary/aromatic N) is 4. The number of benzene rings is 1. The highest BCUT2D eigenvalue weighted by Gasteiger charge is 2.38. The molecule has 2 rings (SSSR count). The molecule has 1 aromatic heterocycles. The van der Waals surface area contributed by atoms with E-state index in [1.807, 2.05) is 44.2 Å². The Bertz CT molecular complexity index is 617. The zero-order valence-corrected chi connectivity index (χ0v) is 12.0. The van der Waals surface area contributed by atoms with E-state index in [1.54, 1.807) is 13.8 Å². The minimum Gasteiger partial charge on any atom is -0.479 e. The van der Waals surface area contributed by atoms with Crippen molar-refractivity contribution in [3.8, 4) is 0 Å². The van der Waals surface area contributed by atoms with Crippen molar-refractivity contribution in [1.82, 2.24) is 20.2 Å². The molecular weight excluding hydrogens is 256 g/mol. The summed E-state index contributed by atoms with van der Waals surface area (Å²) in [6.07, 6.45) is 0. The minimum absolute atomic E-state index is 0.489. The molecule has 0 radical (unpaired) electrons. The van der Waals surface area contributed by atoms with Crippen molar-refractivity contribution >= 4 is 5.97 Å². The molecule has 0 saturated heterocycles. The van der Waals surface area contributed by atoms with E-state index in [9.17, 15) is 9.90 Å². The van der Waals surface area contributed by atoms with Gasteiger partial charge in [0.1, 0.15) is 0 Å². The Balaban J connectivity index is 2.55. The SMILES string of the molecule is CC(C)(c1ccccc1)c1nnnn1C(C)(C)C(=O)O. The fourth-order valence-electron chi connectivity index (χ4n) is 2.03. The van der Waals surface area contributed by atoms with E-state index in [0.717, 1.165) is 5.56 Å². The monoisotopic (exact) mass is 274 g/mol. The minimum atomic E-state index is -1.20. The van der Waals surface area contributed by atoms with Gasteiger partial charge in [0.15, 0.2) is 11.4 Å². The standard InChI is InChI=1S/C14H18N4O2/c1-13(2,10-8-6-5-7-9-10)11-15-16-17-18(11)14(3,4)12(19)20/h5-9H,1-4H3,(H,19,20). The van der Waals surface area contributed by atoms with Crippen LogP contribution in [0.15, 0.2) is 30.3 Å². The Morgan fingerprint density at radius 2 is 1.75 bits per heavy atom. The van der Waals surface area contributed by atoms with Crippen LogP contribution in [0.25, 0.3) is 0 Å². The van der Waals surface area contributed by atoms with Crippen LogP contribution in [0.2, 0.25) is 0 Å². The van der Waals surface area contributed by atoms with E-state index >= 15 is 0 Å². The second-order valence-electron chi connectivity index (χ2n) is 5.77. The predicted octanol–water partition coefficient (Wildman–Crippen LogP) is 1.82. The van der Waals surface area contributed by atoms with Crippen LogP contribution in [0, 0.1) is 0 Å². The van der Waals surface area contributed by atoms with Gasteiger partial charge in [-0.1, -0.05) is 30.3 Å². The van der Waals surface area contributed by atoms with Gasteiger partial charge in [-0.05, 0) is 43.7 Å². The summed E-state index contributed by atoms with van der Waals surface area (Å²) in [7, 11) is 0. The van der Waals surface area contributed by atoms with Crippen molar-refractivity contribution in [3.63, 3.8) is 0 Å². The lowest BCUT2D eigenvalue weighted by Crippen LogP contribution is -2.40. The molecule has 0 fully saturated rings. The van der Waals surface area contributed by atoms with Gasteiger partial charge in [0.05, 0.1) is 5.41 Å². The van der Waals surface area contributed by atoms with E-state index in [0.29, 0.717) is 5.82 Å². The Morgan fingerprint density at radius 1 is 1.15 bits per heavy atom. The maximum atomic E-state index is 11.4. The van der Waals surface area contributed by atoms with Gasteiger partial charge in [0.2, 0.25) is 0 Å². The third kappa shape index (κ3) is 2.17. The molecule has 6 heteroatoms. The fraction of sp³-hybridized carbons (Fsp3) is 0.429. The summed E-state index contributed by atoms with van der Waals surface area (Å²) in [6, 6.07) is 9.77. The van der Waals surface area contributed by atoms with Crippen LogP contribution in [0.4, 0.5) is 0 Å². The van der Waals surface area contributed by atoms with Crippen molar-refractivity contribution in [2.75, 3.05) is 0 Å². The smallest absolute Gasteiger partial charge is 0.331 e. The molecule has 106 valence electrons. The molecule has 0 amide bonds. The summed E-state index contributed by atoms with van der Waals surface area (Å²) >= 11 is 0. The number of hydrogen-bond acceptors (Lipinski definition) is 4. The molecule has 1 aromatic carbocycles. The number of carbonyl (C=O) groups is 1. The van der Waals surface area contributed by atoms with Crippen molar-refractivity contribution in [1.29, 1.82) is 0 Å². The average molecular weight is 274 g/mol. The Morgan fingerprint density at radius 3 is 2.30 bits per heavy atom. The maximum Gasteiger partial charge on any atom is 0.331 e. The summed E-state index contributed by atoms with van der Waals surface area (Å²) < 4.78 is 1.38. The van der Waals surface area contributed by atoms with Crippen LogP contribution in [0.3, 0.4) is 0 Å². The highest BCUT2D eigenvalue weighted by atomic mass is 16.4. The molecule has 0 aliphatic carbocycles. The van der Waals surface area contributed by atoms with E-state index in [-0.39, 0.29) is 0 Å². The molecule has 0 saturated carbocycles. The topological polar surface area (TPSA) is 80.9 Å². The molecule has 0 spiro atoms. The summed E-state index contributed by atoms with van der Waals surface area (Å²) in [4.78, 5) is 11.4. The highest BCUT2D eigenvalue weighted by molar-refractivity contribution is 5.75. The van der Waals surface area contributed by atoms with Gasteiger partial charge in [0, 0.05) is 0 Å². The largest absolute Gasteiger partial charge is 0.479 e. The summed E-state index contributed by atoms with van der Waals surface area (Å²) in [5.41, 5.74) is -0.667. The summed E-state index contributed by atoms with van der Waals surface area (Å²) in [5, 5.41) is 20.9. The lowest BCUT2D eigenvalue weighted by Gasteiger charge is -2.28. The normalized spacial score (nSPS) is 12.4. The highest BCUT2D eigenvalue weighted by Crippen LogP contribution is 2.31. The number of carboxylic acid groups (broad SMARTS) is 1. The van der Waals surface area contributed by atoms with E-state index in [4.69, 9.17) is 0 Å². The molecule has 20 heavy (non-hydrogen) atoms. The molecular formula is C14H18N4O2. The number of aliphatic carboxylic acids is 1. The lowest BCUT2D eigenvalue weighted by molar-refractivity contribution is -0.146. The molecule has 0 aliphatic rings. The quantitative estimate of drug-likeness (QED) is 0.919. The van der Waals surface area contributed by atoms with Crippen LogP contribution >= 0.6 is 0 Å². The third-order valence-electron chi connectivity index (χ3n) is 3.58. The van der Waals surface area contributed by atoms with Crippen molar-refractivity contribution in [2.45, 2.75) is 38.6 Å². The molecule has 1 heterocycles. The number of aromatic nitrogens is 4. The first-order valence-corrected chi connectivity index (χ1v) is 6.36. The molecule has 2 aromatic rings. The molecule has 0 bridgehead atoms. The Kier molecular flexibility index (Phi) is 3.33. The molecule has 6 nitrogen and oxygen atoms in total. The van der Waals surface area contributed by atoms with Crippen molar-refractivity contribution < 1.29 is 9.90 Å². The van der Waals surface area contributed by atoms with Crippen molar-refractivity contribution in [2.24, 2.45) is 0 Å². The summed E-state index contributed by atoms with van der Waals surface area (Å²) in [6.45, 7) is 7.11. The first kappa shape index (κ1) is 14.2. The molecule has 1 N–H and O–H groups in total. The first-order valence-electron chi connectivity index (χ1n) is 6.36. The van der Waals surface area contributed by atoms with E-state index < -0.39 is 16.9 Å². The third-order valence-corrected chi connectivity index (χ3v) is 3.58. The summed E-state index contributed by atoms with van der Waals surface area (Å²) in [5.74, 6) is -0.453. The Hall–Kier alpha value is -2.24. The molecule has 0 aliphatic heterocycles. The van der Waals surface area contributed by atoms with Crippen LogP contribution < -0.4 is 0 Å².